The predicted molar refractivity (Wildman–Crippen MR) is 105 cm³/mol. The van der Waals surface area contributed by atoms with Crippen molar-refractivity contribution in [1.82, 2.24) is 4.98 Å². The minimum atomic E-state index is -0.292. The van der Waals surface area contributed by atoms with Gasteiger partial charge in [0.1, 0.15) is 5.82 Å². The van der Waals surface area contributed by atoms with Crippen LogP contribution in [0, 0.1) is 0 Å². The molecule has 0 radical (unpaired) electrons. The molecule has 0 saturated heterocycles. The second kappa shape index (κ2) is 6.36. The van der Waals surface area contributed by atoms with Crippen molar-refractivity contribution < 1.29 is 0 Å². The molecule has 0 unspecified atom stereocenters. The molecular weight excluding hydrogens is 355 g/mol. The van der Waals surface area contributed by atoms with Crippen LogP contribution in [0.3, 0.4) is 0 Å². The maximum atomic E-state index is 12.6. The van der Waals surface area contributed by atoms with E-state index in [0.29, 0.717) is 26.9 Å². The van der Waals surface area contributed by atoms with E-state index in [4.69, 9.17) is 23.2 Å². The van der Waals surface area contributed by atoms with E-state index in [-0.39, 0.29) is 5.56 Å². The van der Waals surface area contributed by atoms with Crippen LogP contribution in [0.15, 0.2) is 71.5 Å². The van der Waals surface area contributed by atoms with Gasteiger partial charge in [-0.2, -0.15) is 4.98 Å². The van der Waals surface area contributed by atoms with Gasteiger partial charge in [-0.25, -0.2) is 0 Å². The molecule has 0 bridgehead atoms. The Morgan fingerprint density at radius 2 is 1.36 bits per heavy atom. The molecule has 0 aliphatic rings. The van der Waals surface area contributed by atoms with Gasteiger partial charge in [0.05, 0.1) is 10.7 Å². The quantitative estimate of drug-likeness (QED) is 0.487. The average Bonchev–Trinajstić information content (AvgIpc) is 2.74. The molecule has 3 nitrogen and oxygen atoms in total. The zero-order valence-electron chi connectivity index (χ0n) is 13.0. The monoisotopic (exact) mass is 366 g/mol. The fraction of sp³-hybridized carbons (Fsp3) is 0. The van der Waals surface area contributed by atoms with Gasteiger partial charge in [0, 0.05) is 15.8 Å². The Balaban J connectivity index is 2.04. The number of nitrogens with one attached hydrogen (secondary N) is 1. The largest absolute Gasteiger partial charge is 0.338 e. The van der Waals surface area contributed by atoms with Crippen LogP contribution < -0.4 is 10.9 Å². The van der Waals surface area contributed by atoms with Gasteiger partial charge in [-0.3, -0.25) is 4.79 Å². The summed E-state index contributed by atoms with van der Waals surface area (Å²) >= 11 is 12.2. The zero-order chi connectivity index (χ0) is 17.4. The highest BCUT2D eigenvalue weighted by Crippen LogP contribution is 2.31. The SMILES string of the molecule is O=c1nc(Nc2ccc(Cl)cc2Cl)c2ccccc2c2ccccc12. The van der Waals surface area contributed by atoms with Gasteiger partial charge in [0.25, 0.3) is 5.56 Å². The summed E-state index contributed by atoms with van der Waals surface area (Å²) in [5, 5.41) is 7.41. The Labute approximate surface area is 153 Å². The van der Waals surface area contributed by atoms with E-state index in [1.807, 2.05) is 42.5 Å². The van der Waals surface area contributed by atoms with Crippen molar-refractivity contribution >= 4 is 56.3 Å². The number of rotatable bonds is 2. The Kier molecular flexibility index (Phi) is 4.04. The van der Waals surface area contributed by atoms with Gasteiger partial charge >= 0.3 is 0 Å². The molecule has 1 N–H and O–H groups in total. The highest BCUT2D eigenvalue weighted by molar-refractivity contribution is 6.36. The number of fused-ring (bicyclic) bond motifs is 3. The number of hydrogen-bond acceptors (Lipinski definition) is 3. The molecule has 0 amide bonds. The molecular formula is C20H12Cl2N2O. The van der Waals surface area contributed by atoms with Crippen molar-refractivity contribution in [2.75, 3.05) is 5.32 Å². The smallest absolute Gasteiger partial charge is 0.279 e. The van der Waals surface area contributed by atoms with E-state index in [1.54, 1.807) is 24.3 Å². The number of aromatic nitrogens is 1. The average molecular weight is 367 g/mol. The van der Waals surface area contributed by atoms with Crippen LogP contribution >= 0.6 is 23.2 Å². The number of hydrogen-bond donors (Lipinski definition) is 1. The first-order valence-corrected chi connectivity index (χ1v) is 8.43. The molecule has 5 heteroatoms. The molecule has 0 aliphatic carbocycles. The Morgan fingerprint density at radius 3 is 2.04 bits per heavy atom. The van der Waals surface area contributed by atoms with E-state index < -0.39 is 0 Å². The third-order valence-corrected chi connectivity index (χ3v) is 4.58. The Bertz CT molecular complexity index is 1180. The summed E-state index contributed by atoms with van der Waals surface area (Å²) in [4.78, 5) is 16.9. The third-order valence-electron chi connectivity index (χ3n) is 4.03. The minimum absolute atomic E-state index is 0.292. The van der Waals surface area contributed by atoms with Gasteiger partial charge < -0.3 is 5.32 Å². The predicted octanol–water partition coefficient (Wildman–Crippen LogP) is 5.80. The van der Waals surface area contributed by atoms with Gasteiger partial charge in [0.15, 0.2) is 0 Å². The Hall–Kier alpha value is -2.62. The molecule has 0 atom stereocenters. The summed E-state index contributed by atoms with van der Waals surface area (Å²) in [6, 6.07) is 20.4. The van der Waals surface area contributed by atoms with Crippen molar-refractivity contribution in [3.63, 3.8) is 0 Å². The topological polar surface area (TPSA) is 42.0 Å². The minimum Gasteiger partial charge on any atom is -0.338 e. The van der Waals surface area contributed by atoms with Gasteiger partial charge in [0.2, 0.25) is 0 Å². The molecule has 25 heavy (non-hydrogen) atoms. The van der Waals surface area contributed by atoms with Crippen molar-refractivity contribution in [2.45, 2.75) is 0 Å². The Morgan fingerprint density at radius 1 is 0.760 bits per heavy atom. The lowest BCUT2D eigenvalue weighted by molar-refractivity contribution is 1.29. The summed E-state index contributed by atoms with van der Waals surface area (Å²) in [6.07, 6.45) is 0. The summed E-state index contributed by atoms with van der Waals surface area (Å²) in [6.45, 7) is 0. The normalized spacial score (nSPS) is 11.0. The van der Waals surface area contributed by atoms with Crippen molar-refractivity contribution in [2.24, 2.45) is 0 Å². The molecule has 3 aromatic carbocycles. The highest BCUT2D eigenvalue weighted by Gasteiger charge is 2.10. The first-order valence-electron chi connectivity index (χ1n) is 7.67. The maximum Gasteiger partial charge on any atom is 0.279 e. The van der Waals surface area contributed by atoms with Gasteiger partial charge in [-0.15, -0.1) is 0 Å². The van der Waals surface area contributed by atoms with E-state index in [2.05, 4.69) is 10.3 Å². The van der Waals surface area contributed by atoms with Gasteiger partial charge in [-0.05, 0) is 35.0 Å². The third kappa shape index (κ3) is 2.93. The fourth-order valence-corrected chi connectivity index (χ4v) is 3.32. The zero-order valence-corrected chi connectivity index (χ0v) is 14.5. The van der Waals surface area contributed by atoms with Crippen LogP contribution in [0.1, 0.15) is 0 Å². The summed E-state index contributed by atoms with van der Waals surface area (Å²) in [5.74, 6) is 0.459. The van der Waals surface area contributed by atoms with Crippen LogP contribution in [-0.2, 0) is 0 Å². The molecule has 4 rings (SSSR count). The molecule has 0 fully saturated rings. The van der Waals surface area contributed by atoms with Crippen LogP contribution in [0.25, 0.3) is 21.5 Å². The van der Waals surface area contributed by atoms with E-state index in [0.717, 1.165) is 16.2 Å². The number of benzene rings is 3. The van der Waals surface area contributed by atoms with Crippen molar-refractivity contribution in [1.29, 1.82) is 0 Å². The van der Waals surface area contributed by atoms with Gasteiger partial charge in [-0.1, -0.05) is 65.7 Å². The summed E-state index contributed by atoms with van der Waals surface area (Å²) < 4.78 is 0. The lowest BCUT2D eigenvalue weighted by atomic mass is 10.1. The van der Waals surface area contributed by atoms with Crippen LogP contribution in [-0.4, -0.2) is 4.98 Å². The second-order valence-corrected chi connectivity index (χ2v) is 6.45. The fourth-order valence-electron chi connectivity index (χ4n) is 2.86. The standard InChI is InChI=1S/C20H12Cl2N2O/c21-12-9-10-18(17(22)11-12)23-19-15-7-3-1-5-13(15)14-6-2-4-8-16(14)20(25)24-19/h1-11H,(H,23,24,25). The molecule has 0 saturated carbocycles. The number of halogens is 2. The summed E-state index contributed by atoms with van der Waals surface area (Å²) in [7, 11) is 0. The maximum absolute atomic E-state index is 12.6. The molecule has 0 spiro atoms. The van der Waals surface area contributed by atoms with E-state index >= 15 is 0 Å². The molecule has 122 valence electrons. The molecule has 1 aromatic heterocycles. The second-order valence-electron chi connectivity index (χ2n) is 5.61. The van der Waals surface area contributed by atoms with E-state index in [9.17, 15) is 4.79 Å². The summed E-state index contributed by atoms with van der Waals surface area (Å²) in [5.41, 5.74) is 0.345. The highest BCUT2D eigenvalue weighted by atomic mass is 35.5. The molecule has 1 heterocycles. The lowest BCUT2D eigenvalue weighted by Gasteiger charge is -2.08. The lowest BCUT2D eigenvalue weighted by Crippen LogP contribution is -2.05. The number of anilines is 2. The van der Waals surface area contributed by atoms with Crippen LogP contribution in [0.2, 0.25) is 10.0 Å². The number of nitrogens with zero attached hydrogens (tertiary/aromatic N) is 1. The first-order chi connectivity index (χ1) is 12.1. The van der Waals surface area contributed by atoms with Crippen molar-refractivity contribution in [3.05, 3.63) is 87.1 Å². The van der Waals surface area contributed by atoms with Crippen LogP contribution in [0.5, 0.6) is 0 Å². The first kappa shape index (κ1) is 15.9. The van der Waals surface area contributed by atoms with E-state index in [1.165, 1.54) is 0 Å². The molecule has 0 aliphatic heterocycles. The molecule has 4 aromatic rings. The van der Waals surface area contributed by atoms with Crippen LogP contribution in [0.4, 0.5) is 11.5 Å². The van der Waals surface area contributed by atoms with Crippen molar-refractivity contribution in [3.8, 4) is 0 Å².